The number of hydrogen-bond acceptors (Lipinski definition) is 2. The van der Waals surface area contributed by atoms with Crippen LogP contribution in [0.2, 0.25) is 0 Å². The minimum atomic E-state index is 0.0231. The molecular formula is C5H11NO. The average molecular weight is 101 g/mol. The molecule has 0 aromatic heterocycles. The molecule has 42 valence electrons. The van der Waals surface area contributed by atoms with Gasteiger partial charge in [-0.15, -0.1) is 0 Å². The maximum Gasteiger partial charge on any atom is 0.106 e. The molecule has 2 unspecified atom stereocenters. The van der Waals surface area contributed by atoms with E-state index in [1.54, 1.807) is 0 Å². The maximum atomic E-state index is 5.40. The molecule has 1 heterocycles. The molecule has 2 N–H and O–H groups in total. The fourth-order valence-corrected chi connectivity index (χ4v) is 0.833. The van der Waals surface area contributed by atoms with E-state index in [0.29, 0.717) is 6.10 Å². The summed E-state index contributed by atoms with van der Waals surface area (Å²) < 4.78 is 5.14. The van der Waals surface area contributed by atoms with Crippen LogP contribution < -0.4 is 5.73 Å². The van der Waals surface area contributed by atoms with Gasteiger partial charge in [0, 0.05) is 0 Å². The molecule has 1 aliphatic heterocycles. The van der Waals surface area contributed by atoms with Crippen LogP contribution in [-0.4, -0.2) is 12.3 Å². The third kappa shape index (κ3) is 1.14. The summed E-state index contributed by atoms with van der Waals surface area (Å²) >= 11 is 0. The number of ether oxygens (including phenoxy) is 1. The van der Waals surface area contributed by atoms with Crippen LogP contribution in [0.4, 0.5) is 0 Å². The number of hydrogen-bond donors (Lipinski definition) is 1. The molecule has 0 aromatic carbocycles. The van der Waals surface area contributed by atoms with Gasteiger partial charge in [0.25, 0.3) is 0 Å². The standard InChI is InChI=1S/C5H11NO/c1-4-2-3-5(6)7-4/h4-5H,2-3,6H2,1H3. The summed E-state index contributed by atoms with van der Waals surface area (Å²) in [6.45, 7) is 2.05. The molecule has 1 aliphatic rings. The van der Waals surface area contributed by atoms with Gasteiger partial charge in [-0.3, -0.25) is 0 Å². The predicted octanol–water partition coefficient (Wildman–Crippen LogP) is 0.470. The summed E-state index contributed by atoms with van der Waals surface area (Å²) in [7, 11) is 0. The number of rotatable bonds is 0. The van der Waals surface area contributed by atoms with E-state index in [1.807, 2.05) is 6.92 Å². The third-order valence-corrected chi connectivity index (χ3v) is 1.26. The summed E-state index contributed by atoms with van der Waals surface area (Å²) in [5.74, 6) is 0. The lowest BCUT2D eigenvalue weighted by molar-refractivity contribution is 0.0601. The molecule has 1 fully saturated rings. The Morgan fingerprint density at radius 3 is 2.43 bits per heavy atom. The van der Waals surface area contributed by atoms with Gasteiger partial charge in [0.15, 0.2) is 0 Å². The Morgan fingerprint density at radius 2 is 2.29 bits per heavy atom. The van der Waals surface area contributed by atoms with Crippen molar-refractivity contribution in [1.29, 1.82) is 0 Å². The topological polar surface area (TPSA) is 35.2 Å². The molecule has 2 nitrogen and oxygen atoms in total. The molecule has 0 bridgehead atoms. The van der Waals surface area contributed by atoms with Crippen molar-refractivity contribution in [2.24, 2.45) is 5.73 Å². The fourth-order valence-electron chi connectivity index (χ4n) is 0.833. The van der Waals surface area contributed by atoms with Crippen molar-refractivity contribution < 1.29 is 4.74 Å². The second-order valence-electron chi connectivity index (χ2n) is 2.06. The first-order valence-electron chi connectivity index (χ1n) is 2.70. The molecule has 7 heavy (non-hydrogen) atoms. The first-order chi connectivity index (χ1) is 3.29. The Balaban J connectivity index is 2.26. The van der Waals surface area contributed by atoms with E-state index in [-0.39, 0.29) is 6.23 Å². The molecule has 2 atom stereocenters. The van der Waals surface area contributed by atoms with Gasteiger partial charge in [-0.2, -0.15) is 0 Å². The second-order valence-corrected chi connectivity index (χ2v) is 2.06. The zero-order valence-electron chi connectivity index (χ0n) is 4.55. The van der Waals surface area contributed by atoms with Gasteiger partial charge in [-0.25, -0.2) is 0 Å². The minimum Gasteiger partial charge on any atom is -0.361 e. The fraction of sp³-hybridized carbons (Fsp3) is 1.00. The largest absolute Gasteiger partial charge is 0.361 e. The normalized spacial score (nSPS) is 42.0. The van der Waals surface area contributed by atoms with E-state index < -0.39 is 0 Å². The monoisotopic (exact) mass is 101 g/mol. The van der Waals surface area contributed by atoms with Crippen molar-refractivity contribution in [2.75, 3.05) is 0 Å². The lowest BCUT2D eigenvalue weighted by atomic mass is 10.2. The highest BCUT2D eigenvalue weighted by molar-refractivity contribution is 4.63. The minimum absolute atomic E-state index is 0.0231. The van der Waals surface area contributed by atoms with Gasteiger partial charge >= 0.3 is 0 Å². The highest BCUT2D eigenvalue weighted by atomic mass is 16.5. The van der Waals surface area contributed by atoms with Gasteiger partial charge in [0.05, 0.1) is 6.10 Å². The van der Waals surface area contributed by atoms with Crippen molar-refractivity contribution in [3.05, 3.63) is 0 Å². The lowest BCUT2D eigenvalue weighted by Crippen LogP contribution is -2.18. The van der Waals surface area contributed by atoms with Crippen molar-refractivity contribution in [1.82, 2.24) is 0 Å². The van der Waals surface area contributed by atoms with E-state index in [0.717, 1.165) is 12.8 Å². The van der Waals surface area contributed by atoms with Crippen LogP contribution in [0.25, 0.3) is 0 Å². The molecule has 0 radical (unpaired) electrons. The molecule has 0 aliphatic carbocycles. The summed E-state index contributed by atoms with van der Waals surface area (Å²) in [5.41, 5.74) is 5.40. The second kappa shape index (κ2) is 1.80. The molecule has 1 rings (SSSR count). The van der Waals surface area contributed by atoms with Crippen LogP contribution in [0.1, 0.15) is 19.8 Å². The molecular weight excluding hydrogens is 90.1 g/mol. The molecule has 1 saturated heterocycles. The van der Waals surface area contributed by atoms with Crippen molar-refractivity contribution >= 4 is 0 Å². The van der Waals surface area contributed by atoms with E-state index in [2.05, 4.69) is 0 Å². The first kappa shape index (κ1) is 5.06. The van der Waals surface area contributed by atoms with Gasteiger partial charge in [0.1, 0.15) is 6.23 Å². The van der Waals surface area contributed by atoms with Gasteiger partial charge in [-0.05, 0) is 19.8 Å². The molecule has 0 spiro atoms. The average Bonchev–Trinajstić information content (AvgIpc) is 1.87. The smallest absolute Gasteiger partial charge is 0.106 e. The van der Waals surface area contributed by atoms with Crippen LogP contribution in [-0.2, 0) is 4.74 Å². The molecule has 0 amide bonds. The van der Waals surface area contributed by atoms with Crippen LogP contribution in [0, 0.1) is 0 Å². The van der Waals surface area contributed by atoms with Crippen molar-refractivity contribution in [3.63, 3.8) is 0 Å². The highest BCUT2D eigenvalue weighted by Gasteiger charge is 2.16. The number of nitrogens with two attached hydrogens (primary N) is 1. The van der Waals surface area contributed by atoms with E-state index in [1.165, 1.54) is 0 Å². The predicted molar refractivity (Wildman–Crippen MR) is 27.8 cm³/mol. The Hall–Kier alpha value is -0.0800. The van der Waals surface area contributed by atoms with Gasteiger partial charge in [0.2, 0.25) is 0 Å². The zero-order chi connectivity index (χ0) is 5.28. The van der Waals surface area contributed by atoms with Crippen molar-refractivity contribution in [2.45, 2.75) is 32.1 Å². The molecule has 0 aromatic rings. The van der Waals surface area contributed by atoms with E-state index >= 15 is 0 Å². The summed E-state index contributed by atoms with van der Waals surface area (Å²) in [6, 6.07) is 0. The van der Waals surface area contributed by atoms with E-state index in [4.69, 9.17) is 10.5 Å². The maximum absolute atomic E-state index is 5.40. The summed E-state index contributed by atoms with van der Waals surface area (Å²) in [6.07, 6.45) is 2.58. The lowest BCUT2D eigenvalue weighted by Gasteiger charge is -2.01. The van der Waals surface area contributed by atoms with Crippen LogP contribution in [0.15, 0.2) is 0 Å². The van der Waals surface area contributed by atoms with E-state index in [9.17, 15) is 0 Å². The van der Waals surface area contributed by atoms with Gasteiger partial charge in [-0.1, -0.05) is 0 Å². The molecule has 0 saturated carbocycles. The van der Waals surface area contributed by atoms with Crippen LogP contribution >= 0.6 is 0 Å². The van der Waals surface area contributed by atoms with Crippen LogP contribution in [0.5, 0.6) is 0 Å². The quantitative estimate of drug-likeness (QED) is 0.481. The highest BCUT2D eigenvalue weighted by Crippen LogP contribution is 2.14. The zero-order valence-corrected chi connectivity index (χ0v) is 4.55. The first-order valence-corrected chi connectivity index (χ1v) is 2.70. The Kier molecular flexibility index (Phi) is 1.30. The molecule has 2 heteroatoms. The summed E-state index contributed by atoms with van der Waals surface area (Å²) in [5, 5.41) is 0. The van der Waals surface area contributed by atoms with Gasteiger partial charge < -0.3 is 10.5 Å². The SMILES string of the molecule is CC1CCC(N)O1. The van der Waals surface area contributed by atoms with Crippen LogP contribution in [0.3, 0.4) is 0 Å². The Bertz CT molecular complexity index is 57.1. The van der Waals surface area contributed by atoms with Crippen molar-refractivity contribution in [3.8, 4) is 0 Å². The Morgan fingerprint density at radius 1 is 1.57 bits per heavy atom. The summed E-state index contributed by atoms with van der Waals surface area (Å²) in [4.78, 5) is 0. The third-order valence-electron chi connectivity index (χ3n) is 1.26. The Labute approximate surface area is 43.6 Å².